The van der Waals surface area contributed by atoms with E-state index < -0.39 is 0 Å². The van der Waals surface area contributed by atoms with Gasteiger partial charge in [0, 0.05) is 9.50 Å². The van der Waals surface area contributed by atoms with Crippen LogP contribution in [0.25, 0.3) is 16.7 Å². The van der Waals surface area contributed by atoms with Gasteiger partial charge in [-0.3, -0.25) is 4.57 Å². The van der Waals surface area contributed by atoms with Gasteiger partial charge in [-0.2, -0.15) is 0 Å². The molecule has 0 amide bonds. The molecule has 0 bridgehead atoms. The molecular formula is C13H8BrClFN3. The summed E-state index contributed by atoms with van der Waals surface area (Å²) in [5.41, 5.74) is 8.17. The molecule has 0 fully saturated rings. The Hall–Kier alpha value is -1.59. The summed E-state index contributed by atoms with van der Waals surface area (Å²) in [4.78, 5) is 4.26. The standard InChI is InChI=1S/C13H8BrClFN3/c14-9-6-8(16)2-4-11(9)19-12-3-1-7(15)5-10(12)18-13(19)17/h1-6H,(H2,17,18). The fraction of sp³-hybridized carbons (Fsp3) is 0. The van der Waals surface area contributed by atoms with E-state index in [0.717, 1.165) is 11.2 Å². The zero-order valence-corrected chi connectivity index (χ0v) is 11.9. The molecule has 0 radical (unpaired) electrons. The minimum absolute atomic E-state index is 0.318. The summed E-state index contributed by atoms with van der Waals surface area (Å²) >= 11 is 9.26. The molecule has 0 aliphatic heterocycles. The molecule has 2 aromatic carbocycles. The maximum Gasteiger partial charge on any atom is 0.205 e. The Bertz CT molecular complexity index is 785. The number of benzene rings is 2. The third-order valence-corrected chi connectivity index (χ3v) is 3.66. The molecule has 96 valence electrons. The van der Waals surface area contributed by atoms with E-state index in [1.54, 1.807) is 22.8 Å². The van der Waals surface area contributed by atoms with Gasteiger partial charge in [-0.05, 0) is 52.3 Å². The number of anilines is 1. The number of halogens is 3. The summed E-state index contributed by atoms with van der Waals surface area (Å²) in [5.74, 6) is 0.00577. The van der Waals surface area contributed by atoms with E-state index in [9.17, 15) is 4.39 Å². The lowest BCUT2D eigenvalue weighted by atomic mass is 10.2. The Morgan fingerprint density at radius 1 is 1.21 bits per heavy atom. The van der Waals surface area contributed by atoms with Crippen LogP contribution in [-0.2, 0) is 0 Å². The van der Waals surface area contributed by atoms with E-state index in [0.29, 0.717) is 21.0 Å². The number of hydrogen-bond donors (Lipinski definition) is 1. The van der Waals surface area contributed by atoms with Gasteiger partial charge in [0.15, 0.2) is 0 Å². The second-order valence-corrected chi connectivity index (χ2v) is 5.32. The van der Waals surface area contributed by atoms with Crippen LogP contribution in [-0.4, -0.2) is 9.55 Å². The molecule has 1 heterocycles. The van der Waals surface area contributed by atoms with Crippen molar-refractivity contribution in [3.05, 3.63) is 51.7 Å². The molecule has 3 rings (SSSR count). The lowest BCUT2D eigenvalue weighted by molar-refractivity contribution is 0.626. The van der Waals surface area contributed by atoms with E-state index in [1.165, 1.54) is 12.1 Å². The summed E-state index contributed by atoms with van der Waals surface area (Å²) in [6.07, 6.45) is 0. The van der Waals surface area contributed by atoms with Crippen LogP contribution in [0.4, 0.5) is 10.3 Å². The summed E-state index contributed by atoms with van der Waals surface area (Å²) in [6, 6.07) is 9.74. The summed E-state index contributed by atoms with van der Waals surface area (Å²) in [5, 5.41) is 0.593. The van der Waals surface area contributed by atoms with Crippen molar-refractivity contribution in [2.45, 2.75) is 0 Å². The number of nitrogens with zero attached hydrogens (tertiary/aromatic N) is 2. The van der Waals surface area contributed by atoms with Crippen LogP contribution in [0.5, 0.6) is 0 Å². The lowest BCUT2D eigenvalue weighted by Crippen LogP contribution is -2.01. The predicted octanol–water partition coefficient (Wildman–Crippen LogP) is 4.16. The van der Waals surface area contributed by atoms with Gasteiger partial charge in [-0.15, -0.1) is 0 Å². The first-order valence-corrected chi connectivity index (χ1v) is 6.62. The van der Waals surface area contributed by atoms with Crippen molar-refractivity contribution in [1.82, 2.24) is 9.55 Å². The Balaban J connectivity index is 2.33. The molecule has 0 aliphatic rings. The second-order valence-electron chi connectivity index (χ2n) is 4.03. The van der Waals surface area contributed by atoms with Crippen molar-refractivity contribution in [2.24, 2.45) is 0 Å². The average molecular weight is 341 g/mol. The summed E-state index contributed by atoms with van der Waals surface area (Å²) < 4.78 is 15.5. The van der Waals surface area contributed by atoms with Crippen molar-refractivity contribution >= 4 is 44.5 Å². The zero-order chi connectivity index (χ0) is 13.6. The van der Waals surface area contributed by atoms with Crippen LogP contribution in [0.3, 0.4) is 0 Å². The molecule has 6 heteroatoms. The first-order chi connectivity index (χ1) is 9.06. The Labute approximate surface area is 121 Å². The van der Waals surface area contributed by atoms with Crippen LogP contribution in [0, 0.1) is 5.82 Å². The zero-order valence-electron chi connectivity index (χ0n) is 9.57. The molecule has 19 heavy (non-hydrogen) atoms. The highest BCUT2D eigenvalue weighted by Gasteiger charge is 2.13. The van der Waals surface area contributed by atoms with Gasteiger partial charge < -0.3 is 5.73 Å². The average Bonchev–Trinajstić information content (AvgIpc) is 2.65. The molecular weight excluding hydrogens is 333 g/mol. The van der Waals surface area contributed by atoms with E-state index in [4.69, 9.17) is 17.3 Å². The topological polar surface area (TPSA) is 43.8 Å². The maximum absolute atomic E-state index is 13.2. The molecule has 0 saturated heterocycles. The molecule has 1 aromatic heterocycles. The maximum atomic E-state index is 13.2. The highest BCUT2D eigenvalue weighted by molar-refractivity contribution is 9.10. The summed E-state index contributed by atoms with van der Waals surface area (Å²) in [6.45, 7) is 0. The number of imidazole rings is 1. The van der Waals surface area contributed by atoms with Crippen LogP contribution in [0.15, 0.2) is 40.9 Å². The number of fused-ring (bicyclic) bond motifs is 1. The minimum atomic E-state index is -0.318. The van der Waals surface area contributed by atoms with E-state index >= 15 is 0 Å². The van der Waals surface area contributed by atoms with E-state index in [1.807, 2.05) is 6.07 Å². The van der Waals surface area contributed by atoms with Crippen LogP contribution in [0.1, 0.15) is 0 Å². The number of hydrogen-bond acceptors (Lipinski definition) is 2. The lowest BCUT2D eigenvalue weighted by Gasteiger charge is -2.08. The minimum Gasteiger partial charge on any atom is -0.369 e. The smallest absolute Gasteiger partial charge is 0.205 e. The highest BCUT2D eigenvalue weighted by Crippen LogP contribution is 2.29. The van der Waals surface area contributed by atoms with Gasteiger partial charge >= 0.3 is 0 Å². The fourth-order valence-electron chi connectivity index (χ4n) is 1.99. The predicted molar refractivity (Wildman–Crippen MR) is 78.2 cm³/mol. The van der Waals surface area contributed by atoms with Gasteiger partial charge in [-0.1, -0.05) is 11.6 Å². The first kappa shape index (κ1) is 12.4. The van der Waals surface area contributed by atoms with Crippen molar-refractivity contribution in [1.29, 1.82) is 0 Å². The number of nitrogens with two attached hydrogens (primary N) is 1. The second kappa shape index (κ2) is 4.51. The Morgan fingerprint density at radius 3 is 2.74 bits per heavy atom. The molecule has 0 atom stereocenters. The van der Waals surface area contributed by atoms with Gasteiger partial charge in [-0.25, -0.2) is 9.37 Å². The Kier molecular flexibility index (Phi) is 2.95. The monoisotopic (exact) mass is 339 g/mol. The van der Waals surface area contributed by atoms with Crippen molar-refractivity contribution in [3.8, 4) is 5.69 Å². The van der Waals surface area contributed by atoms with Crippen molar-refractivity contribution in [2.75, 3.05) is 5.73 Å². The van der Waals surface area contributed by atoms with Crippen LogP contribution in [0.2, 0.25) is 5.02 Å². The Morgan fingerprint density at radius 2 is 2.00 bits per heavy atom. The molecule has 0 aliphatic carbocycles. The van der Waals surface area contributed by atoms with Gasteiger partial charge in [0.05, 0.1) is 16.7 Å². The van der Waals surface area contributed by atoms with Crippen LogP contribution < -0.4 is 5.73 Å². The fourth-order valence-corrected chi connectivity index (χ4v) is 2.68. The van der Waals surface area contributed by atoms with E-state index in [2.05, 4.69) is 20.9 Å². The number of aromatic nitrogens is 2. The number of nitrogen functional groups attached to an aromatic ring is 1. The summed E-state index contributed by atoms with van der Waals surface area (Å²) in [7, 11) is 0. The van der Waals surface area contributed by atoms with Crippen LogP contribution >= 0.6 is 27.5 Å². The number of rotatable bonds is 1. The van der Waals surface area contributed by atoms with Gasteiger partial charge in [0.1, 0.15) is 5.82 Å². The third kappa shape index (κ3) is 2.09. The molecule has 0 spiro atoms. The SMILES string of the molecule is Nc1nc2cc(Cl)ccc2n1-c1ccc(F)cc1Br. The third-order valence-electron chi connectivity index (χ3n) is 2.79. The molecule has 0 saturated carbocycles. The molecule has 3 nitrogen and oxygen atoms in total. The van der Waals surface area contributed by atoms with Crippen molar-refractivity contribution < 1.29 is 4.39 Å². The van der Waals surface area contributed by atoms with Gasteiger partial charge in [0.25, 0.3) is 0 Å². The quantitative estimate of drug-likeness (QED) is 0.723. The van der Waals surface area contributed by atoms with E-state index in [-0.39, 0.29) is 5.82 Å². The molecule has 3 aromatic rings. The normalized spacial score (nSPS) is 11.1. The largest absolute Gasteiger partial charge is 0.369 e. The first-order valence-electron chi connectivity index (χ1n) is 5.45. The van der Waals surface area contributed by atoms with Gasteiger partial charge in [0.2, 0.25) is 5.95 Å². The highest BCUT2D eigenvalue weighted by atomic mass is 79.9. The molecule has 2 N–H and O–H groups in total. The molecule has 0 unspecified atom stereocenters. The van der Waals surface area contributed by atoms with Crippen molar-refractivity contribution in [3.63, 3.8) is 0 Å².